The average molecular weight is 177 g/mol. The van der Waals surface area contributed by atoms with Crippen LogP contribution in [0.3, 0.4) is 0 Å². The molecule has 0 fully saturated rings. The van der Waals surface area contributed by atoms with Crippen LogP contribution in [0.4, 0.5) is 0 Å². The lowest BCUT2D eigenvalue weighted by Gasteiger charge is -1.91. The SMILES string of the molecule is CCO.CCOC(=O)/C=N/OC. The Morgan fingerprint density at radius 1 is 1.58 bits per heavy atom. The zero-order valence-electron chi connectivity index (χ0n) is 7.61. The second kappa shape index (κ2) is 12.6. The molecule has 5 nitrogen and oxygen atoms in total. The lowest BCUT2D eigenvalue weighted by atomic mass is 10.7. The maximum atomic E-state index is 10.4. The third-order valence-corrected chi connectivity index (χ3v) is 0.550. The molecule has 0 aromatic heterocycles. The summed E-state index contributed by atoms with van der Waals surface area (Å²) in [5.74, 6) is -0.487. The third-order valence-electron chi connectivity index (χ3n) is 0.550. The lowest BCUT2D eigenvalue weighted by Crippen LogP contribution is -2.04. The van der Waals surface area contributed by atoms with Crippen molar-refractivity contribution in [1.82, 2.24) is 0 Å². The van der Waals surface area contributed by atoms with Gasteiger partial charge < -0.3 is 14.7 Å². The Kier molecular flexibility index (Phi) is 14.1. The molecule has 0 saturated heterocycles. The average Bonchev–Trinajstić information content (AvgIpc) is 2.03. The van der Waals surface area contributed by atoms with E-state index in [1.54, 1.807) is 13.8 Å². The largest absolute Gasteiger partial charge is 0.462 e. The molecule has 0 saturated carbocycles. The summed E-state index contributed by atoms with van der Waals surface area (Å²) in [6.07, 6.45) is 0.976. The van der Waals surface area contributed by atoms with E-state index in [9.17, 15) is 4.79 Å². The van der Waals surface area contributed by atoms with Crippen LogP contribution < -0.4 is 0 Å². The number of esters is 1. The molecule has 0 aliphatic carbocycles. The molecule has 0 aromatic rings. The van der Waals surface area contributed by atoms with Gasteiger partial charge in [-0.05, 0) is 13.8 Å². The molecule has 12 heavy (non-hydrogen) atoms. The van der Waals surface area contributed by atoms with Gasteiger partial charge in [-0.3, -0.25) is 0 Å². The second-order valence-corrected chi connectivity index (χ2v) is 1.49. The van der Waals surface area contributed by atoms with Crippen molar-refractivity contribution >= 4 is 12.2 Å². The van der Waals surface area contributed by atoms with Crippen LogP contribution in [0.5, 0.6) is 0 Å². The van der Waals surface area contributed by atoms with E-state index >= 15 is 0 Å². The van der Waals surface area contributed by atoms with Gasteiger partial charge in [-0.25, -0.2) is 4.79 Å². The molecule has 0 aliphatic heterocycles. The predicted octanol–water partition coefficient (Wildman–Crippen LogP) is 0.180. The van der Waals surface area contributed by atoms with E-state index in [0.717, 1.165) is 6.21 Å². The number of nitrogens with zero attached hydrogens (tertiary/aromatic N) is 1. The zero-order chi connectivity index (χ0) is 9.82. The highest BCUT2D eigenvalue weighted by Crippen LogP contribution is 1.73. The number of hydrogen-bond acceptors (Lipinski definition) is 5. The van der Waals surface area contributed by atoms with E-state index in [1.165, 1.54) is 7.11 Å². The molecule has 0 amide bonds. The number of oxime groups is 1. The quantitative estimate of drug-likeness (QED) is 0.379. The van der Waals surface area contributed by atoms with Crippen molar-refractivity contribution in [2.75, 3.05) is 20.3 Å². The molecule has 0 heterocycles. The summed E-state index contributed by atoms with van der Waals surface area (Å²) in [6.45, 7) is 4.01. The Morgan fingerprint density at radius 3 is 2.42 bits per heavy atom. The Hall–Kier alpha value is -1.10. The number of ether oxygens (including phenoxy) is 1. The number of aliphatic hydroxyl groups excluding tert-OH is 1. The number of aliphatic hydroxyl groups is 1. The predicted molar refractivity (Wildman–Crippen MR) is 44.9 cm³/mol. The minimum absolute atomic E-state index is 0.250. The van der Waals surface area contributed by atoms with Crippen LogP contribution in [0.2, 0.25) is 0 Å². The molecule has 72 valence electrons. The normalized spacial score (nSPS) is 8.67. The van der Waals surface area contributed by atoms with Crippen molar-refractivity contribution in [2.45, 2.75) is 13.8 Å². The molecule has 0 atom stereocenters. The molecular weight excluding hydrogens is 162 g/mol. The zero-order valence-corrected chi connectivity index (χ0v) is 7.61. The van der Waals surface area contributed by atoms with Gasteiger partial charge in [0.1, 0.15) is 7.11 Å². The van der Waals surface area contributed by atoms with Gasteiger partial charge in [0, 0.05) is 6.61 Å². The summed E-state index contributed by atoms with van der Waals surface area (Å²) in [7, 11) is 1.36. The summed E-state index contributed by atoms with van der Waals surface area (Å²) in [4.78, 5) is 14.6. The van der Waals surface area contributed by atoms with Crippen LogP contribution in [-0.4, -0.2) is 37.6 Å². The number of rotatable bonds is 3. The van der Waals surface area contributed by atoms with Gasteiger partial charge in [-0.1, -0.05) is 5.16 Å². The van der Waals surface area contributed by atoms with Crippen LogP contribution in [0.15, 0.2) is 5.16 Å². The minimum atomic E-state index is -0.487. The molecular formula is C7H15NO4. The van der Waals surface area contributed by atoms with Gasteiger partial charge in [-0.15, -0.1) is 0 Å². The lowest BCUT2D eigenvalue weighted by molar-refractivity contribution is -0.134. The highest BCUT2D eigenvalue weighted by atomic mass is 16.6. The van der Waals surface area contributed by atoms with Gasteiger partial charge in [0.05, 0.1) is 6.61 Å². The molecule has 0 radical (unpaired) electrons. The molecule has 0 spiro atoms. The first-order chi connectivity index (χ1) is 5.72. The molecule has 5 heteroatoms. The highest BCUT2D eigenvalue weighted by Gasteiger charge is 1.92. The van der Waals surface area contributed by atoms with Crippen molar-refractivity contribution < 1.29 is 19.5 Å². The van der Waals surface area contributed by atoms with Gasteiger partial charge in [0.15, 0.2) is 6.21 Å². The van der Waals surface area contributed by atoms with Crippen LogP contribution in [-0.2, 0) is 14.4 Å². The first-order valence-electron chi connectivity index (χ1n) is 3.57. The van der Waals surface area contributed by atoms with Crippen LogP contribution >= 0.6 is 0 Å². The third kappa shape index (κ3) is 16.0. The summed E-state index contributed by atoms with van der Waals surface area (Å²) in [6, 6.07) is 0. The van der Waals surface area contributed by atoms with Gasteiger partial charge >= 0.3 is 5.97 Å². The fourth-order valence-corrected chi connectivity index (χ4v) is 0.275. The monoisotopic (exact) mass is 177 g/mol. The van der Waals surface area contributed by atoms with E-state index in [1.807, 2.05) is 0 Å². The molecule has 0 bridgehead atoms. The standard InChI is InChI=1S/C5H9NO3.C2H6O/c1-3-9-5(7)4-6-8-2;1-2-3/h4H,3H2,1-2H3;3H,2H2,1H3/b6-4+;. The summed E-state index contributed by atoms with van der Waals surface area (Å²) < 4.78 is 4.48. The Morgan fingerprint density at radius 2 is 2.08 bits per heavy atom. The molecule has 0 rings (SSSR count). The second-order valence-electron chi connectivity index (χ2n) is 1.49. The Bertz CT molecular complexity index is 125. The topological polar surface area (TPSA) is 68.1 Å². The smallest absolute Gasteiger partial charge is 0.352 e. The van der Waals surface area contributed by atoms with Gasteiger partial charge in [0.25, 0.3) is 0 Å². The molecule has 1 N–H and O–H groups in total. The highest BCUT2D eigenvalue weighted by molar-refractivity contribution is 6.22. The first kappa shape index (κ1) is 13.5. The Labute approximate surface area is 72.0 Å². The van der Waals surface area contributed by atoms with Crippen molar-refractivity contribution in [3.8, 4) is 0 Å². The van der Waals surface area contributed by atoms with Gasteiger partial charge in [0.2, 0.25) is 0 Å². The number of carbonyl (C=O) groups excluding carboxylic acids is 1. The van der Waals surface area contributed by atoms with Crippen molar-refractivity contribution in [3.05, 3.63) is 0 Å². The van der Waals surface area contributed by atoms with Crippen LogP contribution in [0, 0.1) is 0 Å². The molecule has 0 aliphatic rings. The van der Waals surface area contributed by atoms with E-state index in [4.69, 9.17) is 5.11 Å². The minimum Gasteiger partial charge on any atom is -0.462 e. The Balaban J connectivity index is 0. The van der Waals surface area contributed by atoms with Crippen molar-refractivity contribution in [1.29, 1.82) is 0 Å². The molecule has 0 aromatic carbocycles. The van der Waals surface area contributed by atoms with Crippen molar-refractivity contribution in [2.24, 2.45) is 5.16 Å². The van der Waals surface area contributed by atoms with Crippen LogP contribution in [0.1, 0.15) is 13.8 Å². The fraction of sp³-hybridized carbons (Fsp3) is 0.714. The summed E-state index contributed by atoms with van der Waals surface area (Å²) in [5, 5.41) is 10.8. The maximum Gasteiger partial charge on any atom is 0.352 e. The van der Waals surface area contributed by atoms with Crippen molar-refractivity contribution in [3.63, 3.8) is 0 Å². The van der Waals surface area contributed by atoms with E-state index in [-0.39, 0.29) is 6.61 Å². The first-order valence-corrected chi connectivity index (χ1v) is 3.57. The number of carbonyl (C=O) groups is 1. The number of hydrogen-bond donors (Lipinski definition) is 1. The summed E-state index contributed by atoms with van der Waals surface area (Å²) >= 11 is 0. The summed E-state index contributed by atoms with van der Waals surface area (Å²) in [5.41, 5.74) is 0. The van der Waals surface area contributed by atoms with E-state index in [0.29, 0.717) is 6.61 Å². The molecule has 0 unspecified atom stereocenters. The van der Waals surface area contributed by atoms with E-state index < -0.39 is 5.97 Å². The maximum absolute atomic E-state index is 10.4. The van der Waals surface area contributed by atoms with E-state index in [2.05, 4.69) is 14.7 Å². The van der Waals surface area contributed by atoms with Gasteiger partial charge in [-0.2, -0.15) is 0 Å². The van der Waals surface area contributed by atoms with Crippen LogP contribution in [0.25, 0.3) is 0 Å². The fourth-order valence-electron chi connectivity index (χ4n) is 0.275.